The fourth-order valence-electron chi connectivity index (χ4n) is 5.70. The van der Waals surface area contributed by atoms with Crippen LogP contribution >= 0.6 is 0 Å². The zero-order valence-electron chi connectivity index (χ0n) is 17.1. The van der Waals surface area contributed by atoms with Gasteiger partial charge < -0.3 is 5.73 Å². The standard InChI is InChI=1S/C25H19N3O4/c26-13-20-16-5-1-2-6-17(16)21(14-9-11-15(12-10-14)28(31)32)25(22(20)27)23(29)18-7-3-4-8-19(18)24(25)30/h3-5,7-12,17,21H,1-2,6,27H2. The Morgan fingerprint density at radius 1 is 1.06 bits per heavy atom. The van der Waals surface area contributed by atoms with Crippen molar-refractivity contribution in [1.29, 1.82) is 5.26 Å². The maximum atomic E-state index is 13.9. The van der Waals surface area contributed by atoms with Gasteiger partial charge in [-0.3, -0.25) is 19.7 Å². The van der Waals surface area contributed by atoms with Crippen molar-refractivity contribution in [2.24, 2.45) is 17.1 Å². The highest BCUT2D eigenvalue weighted by Crippen LogP contribution is 2.60. The summed E-state index contributed by atoms with van der Waals surface area (Å²) in [5, 5.41) is 21.1. The van der Waals surface area contributed by atoms with Crippen molar-refractivity contribution in [2.45, 2.75) is 25.2 Å². The van der Waals surface area contributed by atoms with Crippen LogP contribution in [0.4, 0.5) is 5.69 Å². The number of fused-ring (bicyclic) bond motifs is 2. The number of hydrogen-bond donors (Lipinski definition) is 1. The van der Waals surface area contributed by atoms with E-state index >= 15 is 0 Å². The number of Topliss-reactive ketones (excluding diaryl/α,β-unsaturated/α-hetero) is 2. The topological polar surface area (TPSA) is 127 Å². The van der Waals surface area contributed by atoms with Crippen LogP contribution in [0.2, 0.25) is 0 Å². The van der Waals surface area contributed by atoms with Gasteiger partial charge in [-0.2, -0.15) is 5.26 Å². The highest BCUT2D eigenvalue weighted by Gasteiger charge is 2.64. The summed E-state index contributed by atoms with van der Waals surface area (Å²) in [6.07, 6.45) is 4.29. The maximum Gasteiger partial charge on any atom is 0.269 e. The van der Waals surface area contributed by atoms with Crippen molar-refractivity contribution < 1.29 is 14.5 Å². The van der Waals surface area contributed by atoms with Crippen molar-refractivity contribution in [1.82, 2.24) is 0 Å². The Labute approximate surface area is 184 Å². The van der Waals surface area contributed by atoms with Crippen molar-refractivity contribution in [3.63, 3.8) is 0 Å². The van der Waals surface area contributed by atoms with Crippen LogP contribution in [0.1, 0.15) is 51.5 Å². The van der Waals surface area contributed by atoms with Crippen LogP contribution in [-0.2, 0) is 0 Å². The Hall–Kier alpha value is -4.05. The van der Waals surface area contributed by atoms with E-state index in [1.807, 2.05) is 6.08 Å². The van der Waals surface area contributed by atoms with Crippen LogP contribution in [0, 0.1) is 32.8 Å². The average molecular weight is 425 g/mol. The summed E-state index contributed by atoms with van der Waals surface area (Å²) in [7, 11) is 0. The highest BCUT2D eigenvalue weighted by molar-refractivity contribution is 6.32. The summed E-state index contributed by atoms with van der Waals surface area (Å²) in [4.78, 5) is 38.5. The van der Waals surface area contributed by atoms with Gasteiger partial charge in [-0.25, -0.2) is 0 Å². The largest absolute Gasteiger partial charge is 0.400 e. The smallest absolute Gasteiger partial charge is 0.269 e. The molecule has 0 saturated carbocycles. The van der Waals surface area contributed by atoms with E-state index < -0.39 is 27.8 Å². The zero-order chi connectivity index (χ0) is 22.6. The molecule has 2 unspecified atom stereocenters. The van der Waals surface area contributed by atoms with E-state index in [9.17, 15) is 25.0 Å². The summed E-state index contributed by atoms with van der Waals surface area (Å²) >= 11 is 0. The molecule has 1 spiro atoms. The normalized spacial score (nSPS) is 23.4. The molecule has 0 aliphatic heterocycles. The van der Waals surface area contributed by atoms with Crippen molar-refractivity contribution in [2.75, 3.05) is 0 Å². The number of benzene rings is 2. The SMILES string of the molecule is N#CC1=C(N)C2(C(=O)c3ccccc3C2=O)C(c2ccc([N+](=O)[O-])cc2)C2CCCC=C12. The minimum absolute atomic E-state index is 0.0149. The lowest BCUT2D eigenvalue weighted by molar-refractivity contribution is -0.384. The first-order chi connectivity index (χ1) is 15.4. The maximum absolute atomic E-state index is 13.9. The molecule has 2 aromatic rings. The van der Waals surface area contributed by atoms with Crippen LogP contribution in [0.15, 0.2) is 71.5 Å². The summed E-state index contributed by atoms with van der Waals surface area (Å²) in [6, 6.07) is 14.8. The zero-order valence-corrected chi connectivity index (χ0v) is 17.1. The monoisotopic (exact) mass is 425 g/mol. The summed E-state index contributed by atoms with van der Waals surface area (Å²) < 4.78 is 0. The molecule has 2 atom stereocenters. The van der Waals surface area contributed by atoms with Gasteiger partial charge in [0.15, 0.2) is 11.6 Å². The van der Waals surface area contributed by atoms with E-state index in [2.05, 4.69) is 6.07 Å². The Morgan fingerprint density at radius 3 is 2.25 bits per heavy atom. The Balaban J connectivity index is 1.83. The molecule has 0 aromatic heterocycles. The second-order valence-corrected chi connectivity index (χ2v) is 8.44. The number of carbonyl (C=O) groups excluding carboxylic acids is 2. The fourth-order valence-corrected chi connectivity index (χ4v) is 5.70. The minimum atomic E-state index is -1.73. The van der Waals surface area contributed by atoms with Gasteiger partial charge in [-0.1, -0.05) is 42.5 Å². The molecule has 3 aliphatic carbocycles. The minimum Gasteiger partial charge on any atom is -0.400 e. The lowest BCUT2D eigenvalue weighted by Gasteiger charge is -2.46. The third-order valence-electron chi connectivity index (χ3n) is 7.04. The van der Waals surface area contributed by atoms with Crippen LogP contribution in [0.5, 0.6) is 0 Å². The second kappa shape index (κ2) is 6.99. The molecule has 0 fully saturated rings. The van der Waals surface area contributed by atoms with Gasteiger partial charge >= 0.3 is 0 Å². The number of nitro groups is 1. The number of rotatable bonds is 2. The number of ketones is 2. The van der Waals surface area contributed by atoms with Crippen LogP contribution < -0.4 is 5.73 Å². The first kappa shape index (κ1) is 19.9. The predicted octanol–water partition coefficient (Wildman–Crippen LogP) is 4.22. The fraction of sp³-hybridized carbons (Fsp3) is 0.240. The molecule has 0 radical (unpaired) electrons. The van der Waals surface area contributed by atoms with Gasteiger partial charge in [0, 0.05) is 34.9 Å². The van der Waals surface area contributed by atoms with E-state index in [-0.39, 0.29) is 22.9 Å². The van der Waals surface area contributed by atoms with E-state index in [0.29, 0.717) is 23.1 Å². The molecule has 2 aromatic carbocycles. The summed E-state index contributed by atoms with van der Waals surface area (Å²) in [5.41, 5.74) is 6.95. The molecular formula is C25H19N3O4. The van der Waals surface area contributed by atoms with Gasteiger partial charge in [0.25, 0.3) is 5.69 Å². The molecule has 158 valence electrons. The number of allylic oxidation sites excluding steroid dienone is 4. The van der Waals surface area contributed by atoms with Crippen molar-refractivity contribution >= 4 is 17.3 Å². The van der Waals surface area contributed by atoms with Crippen LogP contribution in [0.25, 0.3) is 0 Å². The summed E-state index contributed by atoms with van der Waals surface area (Å²) in [6.45, 7) is 0. The Bertz CT molecular complexity index is 1260. The lowest BCUT2D eigenvalue weighted by atomic mass is 9.54. The van der Waals surface area contributed by atoms with Gasteiger partial charge in [0.05, 0.1) is 10.5 Å². The van der Waals surface area contributed by atoms with Gasteiger partial charge in [0.2, 0.25) is 0 Å². The second-order valence-electron chi connectivity index (χ2n) is 8.44. The van der Waals surface area contributed by atoms with E-state index in [0.717, 1.165) is 18.4 Å². The summed E-state index contributed by atoms with van der Waals surface area (Å²) in [5.74, 6) is -1.73. The first-order valence-electron chi connectivity index (χ1n) is 10.5. The van der Waals surface area contributed by atoms with E-state index in [1.165, 1.54) is 12.1 Å². The van der Waals surface area contributed by atoms with Crippen molar-refractivity contribution in [3.8, 4) is 6.07 Å². The molecular weight excluding hydrogens is 406 g/mol. The third kappa shape index (κ3) is 2.41. The molecule has 5 rings (SSSR count). The third-order valence-corrected chi connectivity index (χ3v) is 7.04. The molecule has 0 amide bonds. The predicted molar refractivity (Wildman–Crippen MR) is 116 cm³/mol. The number of nitrogens with zero attached hydrogens (tertiary/aromatic N) is 2. The van der Waals surface area contributed by atoms with Gasteiger partial charge in [0.1, 0.15) is 11.5 Å². The lowest BCUT2D eigenvalue weighted by Crippen LogP contribution is -2.51. The number of non-ortho nitro benzene ring substituents is 1. The van der Waals surface area contributed by atoms with Crippen LogP contribution in [0.3, 0.4) is 0 Å². The molecule has 3 aliphatic rings. The molecule has 0 bridgehead atoms. The molecule has 7 heteroatoms. The molecule has 0 heterocycles. The Kier molecular flexibility index (Phi) is 4.34. The number of hydrogen-bond acceptors (Lipinski definition) is 6. The quantitative estimate of drug-likeness (QED) is 0.436. The molecule has 7 nitrogen and oxygen atoms in total. The number of nitrogens with two attached hydrogens (primary N) is 1. The number of nitriles is 1. The van der Waals surface area contributed by atoms with Gasteiger partial charge in [-0.15, -0.1) is 0 Å². The highest BCUT2D eigenvalue weighted by atomic mass is 16.6. The van der Waals surface area contributed by atoms with E-state index in [4.69, 9.17) is 5.73 Å². The Morgan fingerprint density at radius 2 is 1.69 bits per heavy atom. The van der Waals surface area contributed by atoms with Crippen LogP contribution in [-0.4, -0.2) is 16.5 Å². The van der Waals surface area contributed by atoms with Gasteiger partial charge in [-0.05, 0) is 36.3 Å². The number of carbonyl (C=O) groups is 2. The molecule has 32 heavy (non-hydrogen) atoms. The first-order valence-corrected chi connectivity index (χ1v) is 10.5. The molecule has 0 saturated heterocycles. The number of nitro benzene ring substituents is 1. The average Bonchev–Trinajstić information content (AvgIpc) is 3.03. The molecule has 2 N–H and O–H groups in total. The van der Waals surface area contributed by atoms with E-state index in [1.54, 1.807) is 36.4 Å². The van der Waals surface area contributed by atoms with Crippen molar-refractivity contribution in [3.05, 3.63) is 98.3 Å².